The highest BCUT2D eigenvalue weighted by Gasteiger charge is 2.07. The summed E-state index contributed by atoms with van der Waals surface area (Å²) in [5.41, 5.74) is 1.12. The zero-order chi connectivity index (χ0) is 11.4. The van der Waals surface area contributed by atoms with Crippen molar-refractivity contribution in [3.05, 3.63) is 48.4 Å². The van der Waals surface area contributed by atoms with E-state index >= 15 is 0 Å². The number of thioether (sulfide) groups is 1. The van der Waals surface area contributed by atoms with Crippen LogP contribution in [0.4, 0.5) is 5.69 Å². The zero-order valence-corrected chi connectivity index (χ0v) is 10.3. The fourth-order valence-corrected chi connectivity index (χ4v) is 2.03. The molecule has 1 N–H and O–H groups in total. The first-order valence-electron chi connectivity index (χ1n) is 5.23. The normalized spacial score (nSPS) is 12.4. The van der Waals surface area contributed by atoms with E-state index in [-0.39, 0.29) is 6.04 Å². The molecular formula is C13H15NOS. The molecule has 2 nitrogen and oxygen atoms in total. The van der Waals surface area contributed by atoms with Gasteiger partial charge in [0.15, 0.2) is 0 Å². The van der Waals surface area contributed by atoms with Crippen LogP contribution in [0.2, 0.25) is 0 Å². The fraction of sp³-hybridized carbons (Fsp3) is 0.231. The van der Waals surface area contributed by atoms with Crippen LogP contribution in [0, 0.1) is 0 Å². The molecule has 84 valence electrons. The predicted molar refractivity (Wildman–Crippen MR) is 69.0 cm³/mol. The quantitative estimate of drug-likeness (QED) is 0.802. The molecule has 1 atom stereocenters. The van der Waals surface area contributed by atoms with Crippen LogP contribution in [-0.2, 0) is 0 Å². The van der Waals surface area contributed by atoms with E-state index in [4.69, 9.17) is 4.42 Å². The van der Waals surface area contributed by atoms with Gasteiger partial charge in [0.25, 0.3) is 0 Å². The molecule has 1 aromatic heterocycles. The van der Waals surface area contributed by atoms with Crippen LogP contribution in [0.3, 0.4) is 0 Å². The van der Waals surface area contributed by atoms with Gasteiger partial charge in [0.2, 0.25) is 0 Å². The molecule has 0 aliphatic rings. The highest BCUT2D eigenvalue weighted by Crippen LogP contribution is 2.23. The van der Waals surface area contributed by atoms with E-state index < -0.39 is 0 Å². The van der Waals surface area contributed by atoms with Gasteiger partial charge in [-0.05, 0) is 43.5 Å². The Morgan fingerprint density at radius 1 is 1.25 bits per heavy atom. The van der Waals surface area contributed by atoms with Crippen molar-refractivity contribution in [3.8, 4) is 0 Å². The summed E-state index contributed by atoms with van der Waals surface area (Å²) in [5, 5.41) is 3.41. The van der Waals surface area contributed by atoms with Crippen molar-refractivity contribution in [3.63, 3.8) is 0 Å². The Hall–Kier alpha value is -1.35. The number of rotatable bonds is 4. The van der Waals surface area contributed by atoms with Crippen molar-refractivity contribution in [1.82, 2.24) is 0 Å². The van der Waals surface area contributed by atoms with Crippen molar-refractivity contribution >= 4 is 17.4 Å². The number of hydrogen-bond donors (Lipinski definition) is 1. The summed E-state index contributed by atoms with van der Waals surface area (Å²) in [7, 11) is 0. The van der Waals surface area contributed by atoms with Gasteiger partial charge in [-0.15, -0.1) is 11.8 Å². The SMILES string of the molecule is CSc1cccc(NC(C)c2ccco2)c1. The lowest BCUT2D eigenvalue weighted by Crippen LogP contribution is -2.05. The molecule has 0 spiro atoms. The van der Waals surface area contributed by atoms with Crippen LogP contribution in [0.15, 0.2) is 52.0 Å². The van der Waals surface area contributed by atoms with E-state index in [0.29, 0.717) is 0 Å². The highest BCUT2D eigenvalue weighted by atomic mass is 32.2. The van der Waals surface area contributed by atoms with Crippen molar-refractivity contribution < 1.29 is 4.42 Å². The van der Waals surface area contributed by atoms with Crippen molar-refractivity contribution in [2.24, 2.45) is 0 Å². The minimum atomic E-state index is 0.187. The number of hydrogen-bond acceptors (Lipinski definition) is 3. The largest absolute Gasteiger partial charge is 0.467 e. The van der Waals surface area contributed by atoms with Crippen molar-refractivity contribution in [2.45, 2.75) is 17.9 Å². The maximum absolute atomic E-state index is 5.36. The Balaban J connectivity index is 2.08. The molecule has 1 unspecified atom stereocenters. The zero-order valence-electron chi connectivity index (χ0n) is 9.44. The van der Waals surface area contributed by atoms with E-state index in [1.807, 2.05) is 12.1 Å². The molecule has 0 aliphatic heterocycles. The first-order chi connectivity index (χ1) is 7.79. The molecule has 1 aromatic carbocycles. The highest BCUT2D eigenvalue weighted by molar-refractivity contribution is 7.98. The van der Waals surface area contributed by atoms with Gasteiger partial charge in [0.1, 0.15) is 5.76 Å². The minimum Gasteiger partial charge on any atom is -0.467 e. The molecule has 3 heteroatoms. The molecule has 0 amide bonds. The topological polar surface area (TPSA) is 25.2 Å². The average molecular weight is 233 g/mol. The third kappa shape index (κ3) is 2.61. The Kier molecular flexibility index (Phi) is 3.57. The molecule has 16 heavy (non-hydrogen) atoms. The van der Waals surface area contributed by atoms with Gasteiger partial charge >= 0.3 is 0 Å². The Bertz CT molecular complexity index is 439. The van der Waals surface area contributed by atoms with Crippen LogP contribution in [0.5, 0.6) is 0 Å². The summed E-state index contributed by atoms with van der Waals surface area (Å²) < 4.78 is 5.36. The second-order valence-electron chi connectivity index (χ2n) is 3.61. The molecule has 0 saturated carbocycles. The van der Waals surface area contributed by atoms with Crippen molar-refractivity contribution in [2.75, 3.05) is 11.6 Å². The summed E-state index contributed by atoms with van der Waals surface area (Å²) in [4.78, 5) is 1.26. The molecular weight excluding hydrogens is 218 g/mol. The van der Waals surface area contributed by atoms with Crippen LogP contribution >= 0.6 is 11.8 Å². The molecule has 0 radical (unpaired) electrons. The molecule has 0 aliphatic carbocycles. The predicted octanol–water partition coefficient (Wildman–Crippen LogP) is 4.17. The van der Waals surface area contributed by atoms with Gasteiger partial charge < -0.3 is 9.73 Å². The third-order valence-corrected chi connectivity index (χ3v) is 3.15. The summed E-state index contributed by atoms with van der Waals surface area (Å²) in [6, 6.07) is 12.5. The number of anilines is 1. The lowest BCUT2D eigenvalue weighted by Gasteiger charge is -2.13. The van der Waals surface area contributed by atoms with Gasteiger partial charge in [-0.2, -0.15) is 0 Å². The first-order valence-corrected chi connectivity index (χ1v) is 6.46. The number of benzene rings is 1. The third-order valence-electron chi connectivity index (χ3n) is 2.42. The van der Waals surface area contributed by atoms with E-state index in [1.54, 1.807) is 18.0 Å². The lowest BCUT2D eigenvalue weighted by molar-refractivity contribution is 0.490. The van der Waals surface area contributed by atoms with Crippen molar-refractivity contribution in [1.29, 1.82) is 0 Å². The Morgan fingerprint density at radius 3 is 2.81 bits per heavy atom. The standard InChI is InChI=1S/C13H15NOS/c1-10(13-7-4-8-15-13)14-11-5-3-6-12(9-11)16-2/h3-10,14H,1-2H3. The van der Waals surface area contributed by atoms with Gasteiger partial charge in [-0.1, -0.05) is 6.07 Å². The maximum Gasteiger partial charge on any atom is 0.125 e. The van der Waals surface area contributed by atoms with E-state index in [9.17, 15) is 0 Å². The average Bonchev–Trinajstić information content (AvgIpc) is 2.83. The number of furan rings is 1. The lowest BCUT2D eigenvalue weighted by atomic mass is 10.2. The van der Waals surface area contributed by atoms with Crippen LogP contribution < -0.4 is 5.32 Å². The van der Waals surface area contributed by atoms with E-state index in [1.165, 1.54) is 4.90 Å². The smallest absolute Gasteiger partial charge is 0.125 e. The van der Waals surface area contributed by atoms with E-state index in [0.717, 1.165) is 11.4 Å². The maximum atomic E-state index is 5.36. The summed E-state index contributed by atoms with van der Waals surface area (Å²) in [6.07, 6.45) is 3.78. The Morgan fingerprint density at radius 2 is 2.12 bits per heavy atom. The molecule has 0 fully saturated rings. The van der Waals surface area contributed by atoms with Gasteiger partial charge in [0.05, 0.1) is 12.3 Å². The van der Waals surface area contributed by atoms with Crippen LogP contribution in [0.25, 0.3) is 0 Å². The molecule has 1 heterocycles. The minimum absolute atomic E-state index is 0.187. The number of nitrogens with one attached hydrogen (secondary N) is 1. The second kappa shape index (κ2) is 5.12. The first kappa shape index (κ1) is 11.1. The molecule has 0 saturated heterocycles. The van der Waals surface area contributed by atoms with Gasteiger partial charge in [-0.25, -0.2) is 0 Å². The monoisotopic (exact) mass is 233 g/mol. The van der Waals surface area contributed by atoms with Crippen LogP contribution in [0.1, 0.15) is 18.7 Å². The molecule has 0 bridgehead atoms. The fourth-order valence-electron chi connectivity index (χ4n) is 1.57. The summed E-state index contributed by atoms with van der Waals surface area (Å²) in [6.45, 7) is 2.09. The summed E-state index contributed by atoms with van der Waals surface area (Å²) in [5.74, 6) is 0.953. The molecule has 2 aromatic rings. The molecule has 2 rings (SSSR count). The van der Waals surface area contributed by atoms with Gasteiger partial charge in [-0.3, -0.25) is 0 Å². The van der Waals surface area contributed by atoms with Crippen LogP contribution in [-0.4, -0.2) is 6.26 Å². The van der Waals surface area contributed by atoms with E-state index in [2.05, 4.69) is 42.8 Å². The summed E-state index contributed by atoms with van der Waals surface area (Å²) >= 11 is 1.74. The van der Waals surface area contributed by atoms with Gasteiger partial charge in [0, 0.05) is 10.6 Å². The Labute approximate surface area is 100 Å². The second-order valence-corrected chi connectivity index (χ2v) is 4.49.